The Morgan fingerprint density at radius 3 is 2.23 bits per heavy atom. The summed E-state index contributed by atoms with van der Waals surface area (Å²) in [6, 6.07) is 2.13. The van der Waals surface area contributed by atoms with Gasteiger partial charge >= 0.3 is 0 Å². The lowest BCUT2D eigenvalue weighted by molar-refractivity contribution is 0.605. The largest absolute Gasteiger partial charge is 0.262 e. The van der Waals surface area contributed by atoms with Crippen molar-refractivity contribution in [3.8, 4) is 0 Å². The van der Waals surface area contributed by atoms with E-state index in [1.54, 1.807) is 0 Å². The molecule has 0 aliphatic rings. The summed E-state index contributed by atoms with van der Waals surface area (Å²) in [5.74, 6) is -0.559. The molecule has 0 N–H and O–H groups in total. The van der Waals surface area contributed by atoms with Crippen LogP contribution in [0.4, 0.5) is 4.39 Å². The highest BCUT2D eigenvalue weighted by Crippen LogP contribution is 2.30. The molecule has 1 aromatic carbocycles. The van der Waals surface area contributed by atoms with Crippen LogP contribution >= 0.6 is 42.5 Å². The quantitative estimate of drug-likeness (QED) is 0.574. The van der Waals surface area contributed by atoms with Gasteiger partial charge < -0.3 is 0 Å². The Morgan fingerprint density at radius 1 is 1.23 bits per heavy atom. The first-order chi connectivity index (χ1) is 5.82. The maximum atomic E-state index is 12.8. The Hall–Kier alpha value is 0.350. The number of halogens is 4. The fourth-order valence-corrected chi connectivity index (χ4v) is 3.35. The minimum Gasteiger partial charge on any atom is -0.207 e. The lowest BCUT2D eigenvalue weighted by atomic mass is 10.3. The van der Waals surface area contributed by atoms with Crippen LogP contribution in [0, 0.1) is 5.82 Å². The van der Waals surface area contributed by atoms with E-state index in [-0.39, 0.29) is 13.8 Å². The Morgan fingerprint density at radius 2 is 1.77 bits per heavy atom. The van der Waals surface area contributed by atoms with Crippen LogP contribution in [-0.4, -0.2) is 8.42 Å². The summed E-state index contributed by atoms with van der Waals surface area (Å²) >= 11 is 5.75. The first-order valence-corrected chi connectivity index (χ1v) is 6.81. The third-order valence-electron chi connectivity index (χ3n) is 1.24. The molecule has 13 heavy (non-hydrogen) atoms. The van der Waals surface area contributed by atoms with E-state index >= 15 is 0 Å². The van der Waals surface area contributed by atoms with E-state index in [0.29, 0.717) is 0 Å². The molecule has 1 rings (SSSR count). The molecule has 72 valence electrons. The lowest BCUT2D eigenvalue weighted by Crippen LogP contribution is -1.93. The van der Waals surface area contributed by atoms with Crippen molar-refractivity contribution in [3.05, 3.63) is 26.9 Å². The van der Waals surface area contributed by atoms with Gasteiger partial charge in [-0.1, -0.05) is 0 Å². The smallest absolute Gasteiger partial charge is 0.207 e. The van der Waals surface area contributed by atoms with Gasteiger partial charge in [-0.3, -0.25) is 0 Å². The number of rotatable bonds is 1. The third-order valence-corrected chi connectivity index (χ3v) is 4.13. The molecule has 0 heterocycles. The molecule has 0 spiro atoms. The molecule has 0 saturated heterocycles. The summed E-state index contributed by atoms with van der Waals surface area (Å²) in [7, 11) is 1.24. The van der Waals surface area contributed by atoms with Crippen LogP contribution < -0.4 is 0 Å². The zero-order valence-corrected chi connectivity index (χ0v) is 10.6. The fraction of sp³-hybridized carbons (Fsp3) is 0. The lowest BCUT2D eigenvalue weighted by Gasteiger charge is -2.01. The molecular weight excluding hydrogens is 350 g/mol. The standard InChI is InChI=1S/C6H2Br2ClFO2S/c7-3-2-6(13(9,11)12)4(8)1-5(3)10/h1-2H. The molecule has 7 heteroatoms. The van der Waals surface area contributed by atoms with E-state index in [4.69, 9.17) is 10.7 Å². The fourth-order valence-electron chi connectivity index (χ4n) is 0.691. The van der Waals surface area contributed by atoms with Crippen LogP contribution in [0.15, 0.2) is 26.0 Å². The van der Waals surface area contributed by atoms with Crippen molar-refractivity contribution in [2.75, 3.05) is 0 Å². The van der Waals surface area contributed by atoms with Gasteiger partial charge in [0.15, 0.2) is 0 Å². The predicted octanol–water partition coefficient (Wildman–Crippen LogP) is 3.28. The molecule has 0 radical (unpaired) electrons. The molecule has 1 aromatic rings. The molecule has 2 nitrogen and oxygen atoms in total. The average Bonchev–Trinajstić information content (AvgIpc) is 1.94. The normalized spacial score (nSPS) is 11.7. The highest BCUT2D eigenvalue weighted by atomic mass is 79.9. The van der Waals surface area contributed by atoms with Crippen molar-refractivity contribution in [1.82, 2.24) is 0 Å². The summed E-state index contributed by atoms with van der Waals surface area (Å²) in [4.78, 5) is -0.164. The highest BCUT2D eigenvalue weighted by molar-refractivity contribution is 9.11. The van der Waals surface area contributed by atoms with Gasteiger partial charge in [0.05, 0.1) is 9.37 Å². The van der Waals surface area contributed by atoms with Gasteiger partial charge in [-0.25, -0.2) is 12.8 Å². The minimum atomic E-state index is -3.84. The van der Waals surface area contributed by atoms with E-state index in [0.717, 1.165) is 12.1 Å². The second-order valence-electron chi connectivity index (χ2n) is 2.13. The summed E-state index contributed by atoms with van der Waals surface area (Å²) in [6.45, 7) is 0. The van der Waals surface area contributed by atoms with Gasteiger partial charge in [0.1, 0.15) is 5.82 Å². The topological polar surface area (TPSA) is 34.1 Å². The average molecular weight is 352 g/mol. The van der Waals surface area contributed by atoms with Crippen LogP contribution in [0.2, 0.25) is 0 Å². The molecule has 0 fully saturated rings. The molecule has 0 atom stereocenters. The van der Waals surface area contributed by atoms with E-state index in [9.17, 15) is 12.8 Å². The molecular formula is C6H2Br2ClFO2S. The predicted molar refractivity (Wildman–Crippen MR) is 54.8 cm³/mol. The van der Waals surface area contributed by atoms with Gasteiger partial charge in [-0.15, -0.1) is 0 Å². The van der Waals surface area contributed by atoms with E-state index < -0.39 is 14.9 Å². The molecule has 0 aliphatic carbocycles. The second-order valence-corrected chi connectivity index (χ2v) is 6.38. The summed E-state index contributed by atoms with van der Waals surface area (Å²) in [5, 5.41) is 0. The van der Waals surface area contributed by atoms with Crippen LogP contribution in [-0.2, 0) is 9.05 Å². The monoisotopic (exact) mass is 350 g/mol. The van der Waals surface area contributed by atoms with Crippen molar-refractivity contribution in [1.29, 1.82) is 0 Å². The Kier molecular flexibility index (Phi) is 3.38. The highest BCUT2D eigenvalue weighted by Gasteiger charge is 2.16. The summed E-state index contributed by atoms with van der Waals surface area (Å²) < 4.78 is 34.8. The Balaban J connectivity index is 3.50. The van der Waals surface area contributed by atoms with Gasteiger partial charge in [0.25, 0.3) is 9.05 Å². The minimum absolute atomic E-state index is 0.0509. The Bertz CT molecular complexity index is 446. The van der Waals surface area contributed by atoms with Crippen molar-refractivity contribution >= 4 is 51.6 Å². The summed E-state index contributed by atoms with van der Waals surface area (Å²) in [5.41, 5.74) is 0. The van der Waals surface area contributed by atoms with Crippen LogP contribution in [0.25, 0.3) is 0 Å². The van der Waals surface area contributed by atoms with Gasteiger partial charge in [0.2, 0.25) is 0 Å². The van der Waals surface area contributed by atoms with Crippen molar-refractivity contribution in [2.45, 2.75) is 4.90 Å². The molecule has 0 unspecified atom stereocenters. The molecule has 0 amide bonds. The number of hydrogen-bond donors (Lipinski definition) is 0. The van der Waals surface area contributed by atoms with Gasteiger partial charge in [0, 0.05) is 15.2 Å². The van der Waals surface area contributed by atoms with E-state index in [1.165, 1.54) is 0 Å². The molecule has 0 bridgehead atoms. The second kappa shape index (κ2) is 3.84. The SMILES string of the molecule is O=S(=O)(Cl)c1cc(Br)c(F)cc1Br. The maximum absolute atomic E-state index is 12.8. The van der Waals surface area contributed by atoms with Crippen LogP contribution in [0.1, 0.15) is 0 Å². The molecule has 0 saturated carbocycles. The van der Waals surface area contributed by atoms with Crippen molar-refractivity contribution in [3.63, 3.8) is 0 Å². The summed E-state index contributed by atoms with van der Waals surface area (Å²) in [6.07, 6.45) is 0. The number of benzene rings is 1. The van der Waals surface area contributed by atoms with Crippen molar-refractivity contribution in [2.24, 2.45) is 0 Å². The van der Waals surface area contributed by atoms with Gasteiger partial charge in [-0.05, 0) is 44.0 Å². The maximum Gasteiger partial charge on any atom is 0.262 e. The zero-order chi connectivity index (χ0) is 10.2. The molecule has 0 aromatic heterocycles. The third kappa shape index (κ3) is 2.65. The number of hydrogen-bond acceptors (Lipinski definition) is 2. The van der Waals surface area contributed by atoms with E-state index in [1.807, 2.05) is 0 Å². The zero-order valence-electron chi connectivity index (χ0n) is 5.89. The van der Waals surface area contributed by atoms with E-state index in [2.05, 4.69) is 31.9 Å². The van der Waals surface area contributed by atoms with Crippen LogP contribution in [0.3, 0.4) is 0 Å². The first-order valence-electron chi connectivity index (χ1n) is 2.91. The molecule has 0 aliphatic heterocycles. The Labute approximate surface area is 95.8 Å². The van der Waals surface area contributed by atoms with Gasteiger partial charge in [-0.2, -0.15) is 0 Å². The first kappa shape index (κ1) is 11.4. The van der Waals surface area contributed by atoms with Crippen molar-refractivity contribution < 1.29 is 12.8 Å². The van der Waals surface area contributed by atoms with Crippen LogP contribution in [0.5, 0.6) is 0 Å².